The van der Waals surface area contributed by atoms with Crippen LogP contribution in [0, 0.1) is 13.8 Å². The number of benzene rings is 2. The van der Waals surface area contributed by atoms with Crippen molar-refractivity contribution in [2.24, 2.45) is 0 Å². The summed E-state index contributed by atoms with van der Waals surface area (Å²) >= 11 is 6.33. The molecule has 9 heteroatoms. The van der Waals surface area contributed by atoms with Crippen molar-refractivity contribution in [1.29, 1.82) is 0 Å². The smallest absolute Gasteiger partial charge is 0.261 e. The maximum Gasteiger partial charge on any atom is 0.261 e. The first-order valence-electron chi connectivity index (χ1n) is 10.5. The minimum Gasteiger partial charge on any atom is -0.361 e. The van der Waals surface area contributed by atoms with Gasteiger partial charge in [0.1, 0.15) is 16.3 Å². The molecule has 3 N–H and O–H groups in total. The molecule has 0 aliphatic carbocycles. The number of amides is 1. The molecule has 33 heavy (non-hydrogen) atoms. The molecular formula is C24H21ClN6O2. The highest BCUT2D eigenvalue weighted by Crippen LogP contribution is 2.30. The van der Waals surface area contributed by atoms with Gasteiger partial charge in [-0.3, -0.25) is 4.79 Å². The normalized spacial score (nSPS) is 12.5. The second-order valence-corrected chi connectivity index (χ2v) is 8.27. The highest BCUT2D eigenvalue weighted by Gasteiger charge is 2.19. The van der Waals surface area contributed by atoms with Gasteiger partial charge in [-0.05, 0) is 68.1 Å². The van der Waals surface area contributed by atoms with Crippen molar-refractivity contribution in [3.8, 4) is 0 Å². The van der Waals surface area contributed by atoms with Crippen LogP contribution in [0.4, 0.5) is 28.8 Å². The molecule has 0 radical (unpaired) electrons. The molecule has 0 fully saturated rings. The molecular weight excluding hydrogens is 440 g/mol. The van der Waals surface area contributed by atoms with Crippen LogP contribution in [0.3, 0.4) is 0 Å². The molecule has 2 aromatic heterocycles. The van der Waals surface area contributed by atoms with Crippen molar-refractivity contribution >= 4 is 46.3 Å². The van der Waals surface area contributed by atoms with Crippen LogP contribution in [0.15, 0.2) is 53.2 Å². The number of rotatable bonds is 2. The van der Waals surface area contributed by atoms with Crippen LogP contribution in [0.2, 0.25) is 5.02 Å². The van der Waals surface area contributed by atoms with E-state index < -0.39 is 0 Å². The predicted molar refractivity (Wildman–Crippen MR) is 128 cm³/mol. The van der Waals surface area contributed by atoms with Crippen molar-refractivity contribution in [3.63, 3.8) is 0 Å². The number of nitrogens with zero attached hydrogens (tertiary/aromatic N) is 3. The zero-order valence-electron chi connectivity index (χ0n) is 18.1. The van der Waals surface area contributed by atoms with Gasteiger partial charge in [0.05, 0.1) is 11.9 Å². The number of nitrogens with one attached hydrogen (secondary N) is 3. The zero-order chi connectivity index (χ0) is 22.9. The number of fused-ring (bicyclic) bond motifs is 6. The first-order chi connectivity index (χ1) is 16.0. The predicted octanol–water partition coefficient (Wildman–Crippen LogP) is 5.57. The molecule has 5 rings (SSSR count). The summed E-state index contributed by atoms with van der Waals surface area (Å²) < 4.78 is 5.15. The fourth-order valence-corrected chi connectivity index (χ4v) is 3.99. The van der Waals surface area contributed by atoms with E-state index in [4.69, 9.17) is 16.1 Å². The van der Waals surface area contributed by atoms with Gasteiger partial charge < -0.3 is 20.5 Å². The first kappa shape index (κ1) is 21.0. The topological polar surface area (TPSA) is 105 Å². The molecule has 0 atom stereocenters. The minimum atomic E-state index is -0.249. The third-order valence-corrected chi connectivity index (χ3v) is 5.76. The Hall–Kier alpha value is -3.91. The summed E-state index contributed by atoms with van der Waals surface area (Å²) in [5, 5.41) is 13.8. The minimum absolute atomic E-state index is 0.249. The molecule has 166 valence electrons. The van der Waals surface area contributed by atoms with Crippen LogP contribution in [-0.4, -0.2) is 21.0 Å². The maximum atomic E-state index is 12.9. The van der Waals surface area contributed by atoms with Gasteiger partial charge in [0, 0.05) is 17.1 Å². The standard InChI is InChI=1S/C24H21ClN6O2/c1-13-21(14(2)33-31-13)23(32)29-20-9-8-18-11-16(20)7-6-15-4-3-5-17(10-15)28-24-26-12-19(25)22(27-18)30-24/h3-5,8-12H,6-7H2,1-2H3,(H,29,32)(H2,26,27,28,30). The van der Waals surface area contributed by atoms with Crippen molar-refractivity contribution < 1.29 is 9.32 Å². The molecule has 1 aliphatic rings. The summed E-state index contributed by atoms with van der Waals surface area (Å²) in [6, 6.07) is 13.8. The maximum absolute atomic E-state index is 12.9. The number of hydrogen-bond donors (Lipinski definition) is 3. The van der Waals surface area contributed by atoms with Crippen LogP contribution in [-0.2, 0) is 12.8 Å². The number of aromatic nitrogens is 3. The number of halogens is 1. The third-order valence-electron chi connectivity index (χ3n) is 5.49. The van der Waals surface area contributed by atoms with Gasteiger partial charge in [-0.15, -0.1) is 0 Å². The van der Waals surface area contributed by atoms with Gasteiger partial charge in [-0.1, -0.05) is 28.9 Å². The Balaban J connectivity index is 1.54. The zero-order valence-corrected chi connectivity index (χ0v) is 18.8. The van der Waals surface area contributed by atoms with Crippen LogP contribution >= 0.6 is 11.6 Å². The van der Waals surface area contributed by atoms with Crippen LogP contribution in [0.1, 0.15) is 32.9 Å². The van der Waals surface area contributed by atoms with Gasteiger partial charge in [0.2, 0.25) is 5.95 Å². The SMILES string of the molecule is Cc1noc(C)c1C(=O)Nc1ccc2cc1CCc1cccc(c1)Nc1ncc(Cl)c(n1)N2. The molecule has 3 heterocycles. The summed E-state index contributed by atoms with van der Waals surface area (Å²) in [6.45, 7) is 3.48. The molecule has 0 saturated carbocycles. The molecule has 1 amide bonds. The quantitative estimate of drug-likeness (QED) is 0.359. The van der Waals surface area contributed by atoms with E-state index in [0.29, 0.717) is 40.2 Å². The number of aryl methyl sites for hydroxylation is 4. The Kier molecular flexibility index (Phi) is 5.43. The van der Waals surface area contributed by atoms with E-state index in [9.17, 15) is 4.79 Å². The molecule has 1 aliphatic heterocycles. The highest BCUT2D eigenvalue weighted by atomic mass is 35.5. The molecule has 0 spiro atoms. The Bertz CT molecular complexity index is 1350. The second kappa shape index (κ2) is 8.55. The van der Waals surface area contributed by atoms with E-state index >= 15 is 0 Å². The average Bonchev–Trinajstić information content (AvgIpc) is 3.14. The lowest BCUT2D eigenvalue weighted by atomic mass is 10.0. The summed E-state index contributed by atoms with van der Waals surface area (Å²) in [6.07, 6.45) is 3.06. The number of anilines is 5. The van der Waals surface area contributed by atoms with Crippen LogP contribution in [0.25, 0.3) is 0 Å². The number of carbonyl (C=O) groups excluding carboxylic acids is 1. The molecule has 0 unspecified atom stereocenters. The van der Waals surface area contributed by atoms with Gasteiger partial charge in [-0.25, -0.2) is 4.98 Å². The lowest BCUT2D eigenvalue weighted by molar-refractivity contribution is 0.102. The van der Waals surface area contributed by atoms with Crippen LogP contribution in [0.5, 0.6) is 0 Å². The second-order valence-electron chi connectivity index (χ2n) is 7.87. The molecule has 0 saturated heterocycles. The van der Waals surface area contributed by atoms with Gasteiger partial charge in [0.25, 0.3) is 5.91 Å². The summed E-state index contributed by atoms with van der Waals surface area (Å²) in [4.78, 5) is 21.7. The highest BCUT2D eigenvalue weighted by molar-refractivity contribution is 6.32. The van der Waals surface area contributed by atoms with E-state index in [-0.39, 0.29) is 5.91 Å². The molecule has 2 aromatic carbocycles. The third kappa shape index (κ3) is 4.38. The van der Waals surface area contributed by atoms with Crippen molar-refractivity contribution in [2.45, 2.75) is 26.7 Å². The summed E-state index contributed by atoms with van der Waals surface area (Å²) in [5.41, 5.74) is 5.55. The summed E-state index contributed by atoms with van der Waals surface area (Å²) in [7, 11) is 0. The van der Waals surface area contributed by atoms with E-state index in [1.807, 2.05) is 30.3 Å². The number of carbonyl (C=O) groups is 1. The average molecular weight is 461 g/mol. The van der Waals surface area contributed by atoms with Crippen molar-refractivity contribution in [1.82, 2.24) is 15.1 Å². The van der Waals surface area contributed by atoms with Crippen LogP contribution < -0.4 is 16.0 Å². The Labute approximate surface area is 195 Å². The number of hydrogen-bond acceptors (Lipinski definition) is 7. The Morgan fingerprint density at radius 2 is 1.94 bits per heavy atom. The fraction of sp³-hybridized carbons (Fsp3) is 0.167. The van der Waals surface area contributed by atoms with Crippen molar-refractivity contribution in [3.05, 3.63) is 81.8 Å². The van der Waals surface area contributed by atoms with E-state index in [0.717, 1.165) is 34.6 Å². The fourth-order valence-electron chi connectivity index (χ4n) is 3.86. The van der Waals surface area contributed by atoms with E-state index in [2.05, 4.69) is 43.2 Å². The van der Waals surface area contributed by atoms with E-state index in [1.165, 1.54) is 0 Å². The largest absolute Gasteiger partial charge is 0.361 e. The Morgan fingerprint density at radius 3 is 2.76 bits per heavy atom. The van der Waals surface area contributed by atoms with Gasteiger partial charge in [0.15, 0.2) is 5.82 Å². The Morgan fingerprint density at radius 1 is 1.09 bits per heavy atom. The molecule has 8 nitrogen and oxygen atoms in total. The summed E-state index contributed by atoms with van der Waals surface area (Å²) in [5.74, 6) is 1.17. The van der Waals surface area contributed by atoms with E-state index in [1.54, 1.807) is 20.0 Å². The van der Waals surface area contributed by atoms with Gasteiger partial charge >= 0.3 is 0 Å². The first-order valence-corrected chi connectivity index (χ1v) is 10.9. The lowest BCUT2D eigenvalue weighted by Gasteiger charge is -2.14. The lowest BCUT2D eigenvalue weighted by Crippen LogP contribution is -2.15. The van der Waals surface area contributed by atoms with Crippen molar-refractivity contribution in [2.75, 3.05) is 16.0 Å². The van der Waals surface area contributed by atoms with Gasteiger partial charge in [-0.2, -0.15) is 4.98 Å². The molecule has 4 aromatic rings. The monoisotopic (exact) mass is 460 g/mol. The molecule has 6 bridgehead atoms.